The molecule has 1 unspecified atom stereocenters. The van der Waals surface area contributed by atoms with Gasteiger partial charge in [-0.15, -0.1) is 0 Å². The molecule has 0 aliphatic carbocycles. The number of hydrogen-bond acceptors (Lipinski definition) is 2. The van der Waals surface area contributed by atoms with Crippen molar-refractivity contribution in [2.75, 3.05) is 6.54 Å². The molecule has 0 radical (unpaired) electrons. The van der Waals surface area contributed by atoms with E-state index in [1.54, 1.807) is 0 Å². The smallest absolute Gasteiger partial charge is 0.0705 e. The average Bonchev–Trinajstić information content (AvgIpc) is 2.50. The van der Waals surface area contributed by atoms with Gasteiger partial charge < -0.3 is 5.32 Å². The Labute approximate surface area is 122 Å². The molecular formula is C18H26N2. The van der Waals surface area contributed by atoms with Crippen molar-refractivity contribution in [3.63, 3.8) is 0 Å². The van der Waals surface area contributed by atoms with E-state index in [9.17, 15) is 0 Å². The predicted octanol–water partition coefficient (Wildman–Crippen LogP) is 4.86. The predicted molar refractivity (Wildman–Crippen MR) is 86.9 cm³/mol. The molecular weight excluding hydrogens is 244 g/mol. The van der Waals surface area contributed by atoms with Gasteiger partial charge in [0.15, 0.2) is 0 Å². The summed E-state index contributed by atoms with van der Waals surface area (Å²) in [6, 6.07) is 11.1. The maximum Gasteiger partial charge on any atom is 0.0705 e. The highest BCUT2D eigenvalue weighted by atomic mass is 14.9. The molecule has 1 aromatic heterocycles. The van der Waals surface area contributed by atoms with Gasteiger partial charge in [0.2, 0.25) is 0 Å². The molecule has 108 valence electrons. The Morgan fingerprint density at radius 1 is 1.05 bits per heavy atom. The van der Waals surface area contributed by atoms with Gasteiger partial charge in [0.25, 0.3) is 0 Å². The van der Waals surface area contributed by atoms with E-state index >= 15 is 0 Å². The summed E-state index contributed by atoms with van der Waals surface area (Å²) in [6.45, 7) is 5.56. The van der Waals surface area contributed by atoms with E-state index in [0.717, 1.165) is 12.1 Å². The third-order valence-corrected chi connectivity index (χ3v) is 3.80. The molecule has 0 saturated carbocycles. The van der Waals surface area contributed by atoms with Crippen molar-refractivity contribution >= 4 is 10.9 Å². The van der Waals surface area contributed by atoms with Gasteiger partial charge in [0.1, 0.15) is 0 Å². The summed E-state index contributed by atoms with van der Waals surface area (Å²) in [4.78, 5) is 4.47. The summed E-state index contributed by atoms with van der Waals surface area (Å²) >= 11 is 0. The number of pyridine rings is 1. The van der Waals surface area contributed by atoms with Gasteiger partial charge in [0.05, 0.1) is 5.52 Å². The Morgan fingerprint density at radius 3 is 2.70 bits per heavy atom. The van der Waals surface area contributed by atoms with Crippen LogP contribution >= 0.6 is 0 Å². The highest BCUT2D eigenvalue weighted by Gasteiger charge is 2.13. The standard InChI is InChI=1S/C18H26N2/c1-3-5-6-10-18(19-13-4-2)16-12-14-20-17-11-8-7-9-15(16)17/h7-9,11-12,14,18-19H,3-6,10,13H2,1-2H3. The van der Waals surface area contributed by atoms with Crippen LogP contribution in [0.25, 0.3) is 10.9 Å². The van der Waals surface area contributed by atoms with Crippen molar-refractivity contribution in [1.29, 1.82) is 0 Å². The minimum absolute atomic E-state index is 0.453. The van der Waals surface area contributed by atoms with E-state index in [4.69, 9.17) is 0 Å². The molecule has 20 heavy (non-hydrogen) atoms. The fourth-order valence-electron chi connectivity index (χ4n) is 2.71. The number of nitrogens with one attached hydrogen (secondary N) is 1. The van der Waals surface area contributed by atoms with E-state index in [1.807, 2.05) is 6.20 Å². The van der Waals surface area contributed by atoms with E-state index in [1.165, 1.54) is 43.1 Å². The fourth-order valence-corrected chi connectivity index (χ4v) is 2.71. The SMILES string of the molecule is CCCCCC(NCCC)c1ccnc2ccccc12. The number of aromatic nitrogens is 1. The van der Waals surface area contributed by atoms with Gasteiger partial charge in [-0.2, -0.15) is 0 Å². The van der Waals surface area contributed by atoms with E-state index < -0.39 is 0 Å². The average molecular weight is 270 g/mol. The zero-order valence-electron chi connectivity index (χ0n) is 12.7. The molecule has 1 aromatic carbocycles. The van der Waals surface area contributed by atoms with Gasteiger partial charge in [0, 0.05) is 17.6 Å². The maximum absolute atomic E-state index is 4.47. The summed E-state index contributed by atoms with van der Waals surface area (Å²) < 4.78 is 0. The summed E-state index contributed by atoms with van der Waals surface area (Å²) in [6.07, 6.45) is 8.20. The van der Waals surface area contributed by atoms with Crippen molar-refractivity contribution in [2.45, 2.75) is 52.0 Å². The molecule has 0 saturated heterocycles. The van der Waals surface area contributed by atoms with Crippen molar-refractivity contribution in [1.82, 2.24) is 10.3 Å². The molecule has 0 amide bonds. The van der Waals surface area contributed by atoms with Crippen molar-refractivity contribution in [3.05, 3.63) is 42.1 Å². The van der Waals surface area contributed by atoms with Crippen molar-refractivity contribution < 1.29 is 0 Å². The first-order chi connectivity index (χ1) is 9.86. The first-order valence-electron chi connectivity index (χ1n) is 7.93. The second kappa shape index (κ2) is 8.01. The Kier molecular flexibility index (Phi) is 6.00. The molecule has 1 N–H and O–H groups in total. The number of nitrogens with zero attached hydrogens (tertiary/aromatic N) is 1. The van der Waals surface area contributed by atoms with Crippen molar-refractivity contribution in [3.8, 4) is 0 Å². The molecule has 2 rings (SSSR count). The van der Waals surface area contributed by atoms with Crippen LogP contribution in [-0.4, -0.2) is 11.5 Å². The van der Waals surface area contributed by atoms with Gasteiger partial charge in [-0.1, -0.05) is 51.3 Å². The van der Waals surface area contributed by atoms with Crippen LogP contribution in [0.1, 0.15) is 57.6 Å². The highest BCUT2D eigenvalue weighted by molar-refractivity contribution is 5.82. The first-order valence-corrected chi connectivity index (χ1v) is 7.93. The molecule has 0 bridgehead atoms. The van der Waals surface area contributed by atoms with E-state index in [0.29, 0.717) is 6.04 Å². The Hall–Kier alpha value is -1.41. The number of para-hydroxylation sites is 1. The van der Waals surface area contributed by atoms with Gasteiger partial charge in [-0.3, -0.25) is 4.98 Å². The Morgan fingerprint density at radius 2 is 1.90 bits per heavy atom. The largest absolute Gasteiger partial charge is 0.310 e. The minimum Gasteiger partial charge on any atom is -0.310 e. The highest BCUT2D eigenvalue weighted by Crippen LogP contribution is 2.26. The molecule has 2 heteroatoms. The monoisotopic (exact) mass is 270 g/mol. The number of unbranched alkanes of at least 4 members (excludes halogenated alkanes) is 2. The van der Waals surface area contributed by atoms with Crippen LogP contribution in [-0.2, 0) is 0 Å². The lowest BCUT2D eigenvalue weighted by Crippen LogP contribution is -2.22. The van der Waals surface area contributed by atoms with Crippen LogP contribution in [0, 0.1) is 0 Å². The van der Waals surface area contributed by atoms with Gasteiger partial charge >= 0.3 is 0 Å². The zero-order valence-corrected chi connectivity index (χ0v) is 12.7. The minimum atomic E-state index is 0.453. The fraction of sp³-hybridized carbons (Fsp3) is 0.500. The molecule has 1 heterocycles. The lowest BCUT2D eigenvalue weighted by molar-refractivity contribution is 0.477. The van der Waals surface area contributed by atoms with E-state index in [2.05, 4.69) is 54.5 Å². The lowest BCUT2D eigenvalue weighted by Gasteiger charge is -2.20. The number of hydrogen-bond donors (Lipinski definition) is 1. The molecule has 2 nitrogen and oxygen atoms in total. The number of fused-ring (bicyclic) bond motifs is 1. The Balaban J connectivity index is 2.24. The van der Waals surface area contributed by atoms with Crippen molar-refractivity contribution in [2.24, 2.45) is 0 Å². The van der Waals surface area contributed by atoms with Gasteiger partial charge in [-0.05, 0) is 37.1 Å². The van der Waals surface area contributed by atoms with Crippen LogP contribution < -0.4 is 5.32 Å². The molecule has 0 spiro atoms. The Bertz CT molecular complexity index is 516. The van der Waals surface area contributed by atoms with E-state index in [-0.39, 0.29) is 0 Å². The molecule has 0 fully saturated rings. The third-order valence-electron chi connectivity index (χ3n) is 3.80. The third kappa shape index (κ3) is 3.80. The molecule has 1 atom stereocenters. The summed E-state index contributed by atoms with van der Waals surface area (Å²) in [7, 11) is 0. The lowest BCUT2D eigenvalue weighted by atomic mass is 9.97. The molecule has 2 aromatic rings. The molecule has 0 aliphatic rings. The van der Waals surface area contributed by atoms with Crippen LogP contribution in [0.5, 0.6) is 0 Å². The normalized spacial score (nSPS) is 12.7. The van der Waals surface area contributed by atoms with Crippen LogP contribution in [0.15, 0.2) is 36.5 Å². The summed E-state index contributed by atoms with van der Waals surface area (Å²) in [5, 5.41) is 5.00. The van der Waals surface area contributed by atoms with Crippen LogP contribution in [0.3, 0.4) is 0 Å². The second-order valence-electron chi connectivity index (χ2n) is 5.42. The number of benzene rings is 1. The topological polar surface area (TPSA) is 24.9 Å². The van der Waals surface area contributed by atoms with Crippen LogP contribution in [0.4, 0.5) is 0 Å². The summed E-state index contributed by atoms with van der Waals surface area (Å²) in [5.41, 5.74) is 2.50. The first kappa shape index (κ1) is 15.0. The maximum atomic E-state index is 4.47. The summed E-state index contributed by atoms with van der Waals surface area (Å²) in [5.74, 6) is 0. The number of rotatable bonds is 8. The molecule has 0 aliphatic heterocycles. The quantitative estimate of drug-likeness (QED) is 0.693. The van der Waals surface area contributed by atoms with Gasteiger partial charge in [-0.25, -0.2) is 0 Å². The second-order valence-corrected chi connectivity index (χ2v) is 5.42. The van der Waals surface area contributed by atoms with Crippen LogP contribution in [0.2, 0.25) is 0 Å². The zero-order chi connectivity index (χ0) is 14.2.